The number of pyridine rings is 2. The number of phenols is 2. The molecule has 47 heavy (non-hydrogen) atoms. The molecule has 0 aliphatic carbocycles. The molecule has 0 spiro atoms. The van der Waals surface area contributed by atoms with E-state index in [4.69, 9.17) is 9.47 Å². The van der Waals surface area contributed by atoms with Gasteiger partial charge in [-0.25, -0.2) is 0 Å². The molecular formula is C34H26CoN6O6. The number of benzene rings is 4. The molecule has 2 aromatic heterocycles. The van der Waals surface area contributed by atoms with Gasteiger partial charge in [0.25, 0.3) is 0 Å². The van der Waals surface area contributed by atoms with Gasteiger partial charge in [-0.2, -0.15) is 10.2 Å². The first-order chi connectivity index (χ1) is 22.4. The van der Waals surface area contributed by atoms with Crippen molar-refractivity contribution in [3.8, 4) is 23.0 Å². The Morgan fingerprint density at radius 3 is 1.32 bits per heavy atom. The second kappa shape index (κ2) is 15.8. The SMILES string of the molecule is COc1ccc(N=Nc2cc(C=O)c(O)c3ncccc23)cc1.COc1ccc(N=Nc2cc(C=O)c(O)c3ncccc23)cc1.[Co]. The first kappa shape index (κ1) is 33.8. The number of aldehydes is 2. The molecule has 0 amide bonds. The van der Waals surface area contributed by atoms with Gasteiger partial charge in [0.1, 0.15) is 22.5 Å². The second-order valence-corrected chi connectivity index (χ2v) is 9.50. The molecule has 1 radical (unpaired) electrons. The zero-order valence-corrected chi connectivity index (χ0v) is 26.0. The number of ether oxygens (including phenoxy) is 2. The molecular weight excluding hydrogens is 647 g/mol. The largest absolute Gasteiger partial charge is 0.505 e. The fourth-order valence-electron chi connectivity index (χ4n) is 4.33. The van der Waals surface area contributed by atoms with E-state index in [2.05, 4.69) is 30.4 Å². The summed E-state index contributed by atoms with van der Waals surface area (Å²) in [4.78, 5) is 30.4. The van der Waals surface area contributed by atoms with Gasteiger partial charge in [0.2, 0.25) is 0 Å². The number of methoxy groups -OCH3 is 2. The number of rotatable bonds is 8. The average Bonchev–Trinajstić information content (AvgIpc) is 3.12. The van der Waals surface area contributed by atoms with Crippen LogP contribution in [-0.2, 0) is 16.8 Å². The van der Waals surface area contributed by atoms with Gasteiger partial charge in [0.05, 0.1) is 48.1 Å². The van der Waals surface area contributed by atoms with Crippen LogP contribution in [-0.4, -0.2) is 47.0 Å². The number of aromatic nitrogens is 2. The average molecular weight is 674 g/mol. The van der Waals surface area contributed by atoms with Gasteiger partial charge in [0, 0.05) is 39.9 Å². The van der Waals surface area contributed by atoms with E-state index in [-0.39, 0.29) is 39.4 Å². The van der Waals surface area contributed by atoms with Crippen molar-refractivity contribution in [2.75, 3.05) is 14.2 Å². The quantitative estimate of drug-likeness (QED) is 0.120. The molecule has 2 N–H and O–H groups in total. The van der Waals surface area contributed by atoms with Crippen molar-refractivity contribution >= 4 is 57.1 Å². The summed E-state index contributed by atoms with van der Waals surface area (Å²) in [7, 11) is 3.18. The minimum absolute atomic E-state index is 0. The van der Waals surface area contributed by atoms with Gasteiger partial charge in [-0.1, -0.05) is 0 Å². The Bertz CT molecular complexity index is 1940. The fourth-order valence-corrected chi connectivity index (χ4v) is 4.33. The topological polar surface area (TPSA) is 168 Å². The van der Waals surface area contributed by atoms with Gasteiger partial charge in [-0.3, -0.25) is 19.6 Å². The molecule has 2 heterocycles. The van der Waals surface area contributed by atoms with Crippen molar-refractivity contribution in [2.24, 2.45) is 20.5 Å². The molecule has 6 aromatic rings. The van der Waals surface area contributed by atoms with Crippen molar-refractivity contribution in [3.63, 3.8) is 0 Å². The van der Waals surface area contributed by atoms with Gasteiger partial charge in [-0.15, -0.1) is 10.2 Å². The molecule has 6 rings (SSSR count). The monoisotopic (exact) mass is 673 g/mol. The van der Waals surface area contributed by atoms with Gasteiger partial charge >= 0.3 is 0 Å². The molecule has 4 aromatic carbocycles. The number of aromatic hydroxyl groups is 2. The van der Waals surface area contributed by atoms with E-state index in [0.717, 1.165) is 11.5 Å². The van der Waals surface area contributed by atoms with E-state index in [1.807, 2.05) is 0 Å². The van der Waals surface area contributed by atoms with Crippen LogP contribution in [0.3, 0.4) is 0 Å². The predicted octanol–water partition coefficient (Wildman–Crippen LogP) is 8.35. The molecule has 0 aliphatic heterocycles. The number of nitrogens with zero attached hydrogens (tertiary/aromatic N) is 6. The Labute approximate surface area is 278 Å². The van der Waals surface area contributed by atoms with Crippen LogP contribution in [0.25, 0.3) is 21.8 Å². The van der Waals surface area contributed by atoms with E-state index >= 15 is 0 Å². The van der Waals surface area contributed by atoms with E-state index in [0.29, 0.717) is 57.1 Å². The number of hydrogen-bond acceptors (Lipinski definition) is 12. The molecule has 0 fully saturated rings. The maximum Gasteiger partial charge on any atom is 0.153 e. The maximum atomic E-state index is 11.1. The van der Waals surface area contributed by atoms with Crippen LogP contribution < -0.4 is 9.47 Å². The minimum Gasteiger partial charge on any atom is -0.505 e. The third-order valence-corrected chi connectivity index (χ3v) is 6.69. The Hall–Kier alpha value is -6.05. The number of hydrogen-bond donors (Lipinski definition) is 2. The van der Waals surface area contributed by atoms with Crippen LogP contribution >= 0.6 is 0 Å². The molecule has 0 saturated heterocycles. The van der Waals surface area contributed by atoms with Gasteiger partial charge < -0.3 is 19.7 Å². The predicted molar refractivity (Wildman–Crippen MR) is 172 cm³/mol. The summed E-state index contributed by atoms with van der Waals surface area (Å²) in [6, 6.07) is 24.1. The standard InChI is InChI=1S/2C17H13N3O3.Co/c2*1-23-13-6-4-12(5-7-13)19-20-15-9-11(10-21)17(22)16-14(15)3-2-8-18-16;/h2*2-10,22H,1H3;. The molecule has 237 valence electrons. The smallest absolute Gasteiger partial charge is 0.153 e. The van der Waals surface area contributed by atoms with Crippen molar-refractivity contribution in [1.29, 1.82) is 0 Å². The van der Waals surface area contributed by atoms with Crippen LogP contribution in [0.5, 0.6) is 23.0 Å². The first-order valence-electron chi connectivity index (χ1n) is 13.7. The minimum atomic E-state index is -0.154. The summed E-state index contributed by atoms with van der Waals surface area (Å²) < 4.78 is 10.2. The summed E-state index contributed by atoms with van der Waals surface area (Å²) in [5.74, 6) is 1.15. The van der Waals surface area contributed by atoms with Crippen molar-refractivity contribution in [2.45, 2.75) is 0 Å². The number of phenolic OH excluding ortho intramolecular Hbond substituents is 2. The number of carbonyl (C=O) groups is 2. The summed E-state index contributed by atoms with van der Waals surface area (Å²) >= 11 is 0. The van der Waals surface area contributed by atoms with E-state index in [1.165, 1.54) is 12.1 Å². The van der Waals surface area contributed by atoms with E-state index < -0.39 is 0 Å². The van der Waals surface area contributed by atoms with Crippen LogP contribution in [0, 0.1) is 0 Å². The van der Waals surface area contributed by atoms with Gasteiger partial charge in [0.15, 0.2) is 24.1 Å². The number of carbonyl (C=O) groups excluding carboxylic acids is 2. The first-order valence-corrected chi connectivity index (χ1v) is 13.7. The van der Waals surface area contributed by atoms with Crippen molar-refractivity contribution in [3.05, 3.63) is 108 Å². The van der Waals surface area contributed by atoms with Crippen molar-refractivity contribution in [1.82, 2.24) is 9.97 Å². The van der Waals surface area contributed by atoms with Crippen LogP contribution in [0.4, 0.5) is 22.7 Å². The van der Waals surface area contributed by atoms with Crippen LogP contribution in [0.1, 0.15) is 20.7 Å². The second-order valence-electron chi connectivity index (χ2n) is 9.50. The Morgan fingerprint density at radius 2 is 0.979 bits per heavy atom. The third-order valence-electron chi connectivity index (χ3n) is 6.69. The molecule has 0 atom stereocenters. The fraction of sp³-hybridized carbons (Fsp3) is 0.0588. The third kappa shape index (κ3) is 7.79. The van der Waals surface area contributed by atoms with Crippen molar-refractivity contribution < 1.29 is 46.1 Å². The zero-order chi connectivity index (χ0) is 32.5. The van der Waals surface area contributed by atoms with E-state index in [1.54, 1.807) is 99.4 Å². The summed E-state index contributed by atoms with van der Waals surface area (Å²) in [6.45, 7) is 0. The van der Waals surface area contributed by atoms with Crippen LogP contribution in [0.15, 0.2) is 118 Å². The summed E-state index contributed by atoms with van der Waals surface area (Å²) in [5, 5.41) is 38.0. The Kier molecular flexibility index (Phi) is 11.4. The van der Waals surface area contributed by atoms with Gasteiger partial charge in [-0.05, 0) is 84.9 Å². The van der Waals surface area contributed by atoms with Crippen LogP contribution in [0.2, 0.25) is 0 Å². The maximum absolute atomic E-state index is 11.1. The summed E-state index contributed by atoms with van der Waals surface area (Å²) in [6.07, 6.45) is 4.22. The molecule has 0 bridgehead atoms. The molecule has 0 saturated carbocycles. The Morgan fingerprint density at radius 1 is 0.596 bits per heavy atom. The Balaban J connectivity index is 0.000000208. The zero-order valence-electron chi connectivity index (χ0n) is 24.9. The number of fused-ring (bicyclic) bond motifs is 2. The molecule has 0 unspecified atom stereocenters. The summed E-state index contributed by atoms with van der Waals surface area (Å²) in [5.41, 5.74) is 3.10. The molecule has 12 nitrogen and oxygen atoms in total. The normalized spacial score (nSPS) is 10.8. The molecule has 0 aliphatic rings. The number of azo groups is 2. The molecule has 13 heteroatoms. The van der Waals surface area contributed by atoms with E-state index in [9.17, 15) is 19.8 Å².